The van der Waals surface area contributed by atoms with Gasteiger partial charge in [0.15, 0.2) is 0 Å². The van der Waals surface area contributed by atoms with Crippen LogP contribution in [0.15, 0.2) is 46.9 Å². The Kier molecular flexibility index (Phi) is 5.32. The number of hydrogen-bond acceptors (Lipinski definition) is 2. The summed E-state index contributed by atoms with van der Waals surface area (Å²) in [5.41, 5.74) is 2.11. The SMILES string of the molecule is CC(C)Oc1ccc(NCc2ccc(Br)cc2Cl)cc1. The fourth-order valence-corrected chi connectivity index (χ4v) is 2.53. The van der Waals surface area contributed by atoms with Crippen LogP contribution < -0.4 is 10.1 Å². The van der Waals surface area contributed by atoms with Crippen LogP contribution in [0.3, 0.4) is 0 Å². The van der Waals surface area contributed by atoms with Crippen molar-refractivity contribution in [2.45, 2.75) is 26.5 Å². The third-order valence-corrected chi connectivity index (χ3v) is 3.57. The minimum Gasteiger partial charge on any atom is -0.491 e. The zero-order valence-electron chi connectivity index (χ0n) is 11.5. The van der Waals surface area contributed by atoms with E-state index in [1.54, 1.807) is 0 Å². The molecule has 2 nitrogen and oxygen atoms in total. The second-order valence-corrected chi connectivity index (χ2v) is 6.10. The first kappa shape index (κ1) is 15.2. The molecule has 106 valence electrons. The lowest BCUT2D eigenvalue weighted by Crippen LogP contribution is -2.05. The van der Waals surface area contributed by atoms with E-state index in [4.69, 9.17) is 16.3 Å². The normalized spacial score (nSPS) is 10.7. The molecule has 2 aromatic rings. The van der Waals surface area contributed by atoms with E-state index in [1.165, 1.54) is 0 Å². The van der Waals surface area contributed by atoms with E-state index >= 15 is 0 Å². The van der Waals surface area contributed by atoms with Gasteiger partial charge >= 0.3 is 0 Å². The molecule has 0 aliphatic heterocycles. The number of ether oxygens (including phenoxy) is 1. The second-order valence-electron chi connectivity index (χ2n) is 4.78. The zero-order valence-corrected chi connectivity index (χ0v) is 13.8. The maximum absolute atomic E-state index is 6.19. The molecule has 0 atom stereocenters. The Morgan fingerprint density at radius 2 is 1.85 bits per heavy atom. The van der Waals surface area contributed by atoms with Crippen molar-refractivity contribution in [1.82, 2.24) is 0 Å². The summed E-state index contributed by atoms with van der Waals surface area (Å²) >= 11 is 9.59. The summed E-state index contributed by atoms with van der Waals surface area (Å²) in [5.74, 6) is 0.882. The molecule has 0 fully saturated rings. The van der Waals surface area contributed by atoms with E-state index < -0.39 is 0 Å². The number of nitrogens with one attached hydrogen (secondary N) is 1. The van der Waals surface area contributed by atoms with Crippen molar-refractivity contribution in [3.63, 3.8) is 0 Å². The van der Waals surface area contributed by atoms with Crippen molar-refractivity contribution in [3.05, 3.63) is 57.5 Å². The summed E-state index contributed by atoms with van der Waals surface area (Å²) in [5, 5.41) is 4.10. The van der Waals surface area contributed by atoms with Crippen molar-refractivity contribution in [2.24, 2.45) is 0 Å². The van der Waals surface area contributed by atoms with Gasteiger partial charge in [0, 0.05) is 21.7 Å². The van der Waals surface area contributed by atoms with Crippen molar-refractivity contribution in [3.8, 4) is 5.75 Å². The molecular formula is C16H17BrClNO. The van der Waals surface area contributed by atoms with E-state index in [2.05, 4.69) is 21.2 Å². The van der Waals surface area contributed by atoms with Crippen LogP contribution in [-0.2, 0) is 6.54 Å². The Morgan fingerprint density at radius 1 is 1.15 bits per heavy atom. The standard InChI is InChI=1S/C16H17BrClNO/c1-11(2)20-15-7-5-14(6-8-15)19-10-12-3-4-13(17)9-16(12)18/h3-9,11,19H,10H2,1-2H3. The summed E-state index contributed by atoms with van der Waals surface area (Å²) in [6.07, 6.45) is 0.190. The Balaban J connectivity index is 1.96. The first-order chi connectivity index (χ1) is 9.54. The van der Waals surface area contributed by atoms with Crippen LogP contribution >= 0.6 is 27.5 Å². The Morgan fingerprint density at radius 3 is 2.45 bits per heavy atom. The van der Waals surface area contributed by atoms with Gasteiger partial charge in [-0.25, -0.2) is 0 Å². The van der Waals surface area contributed by atoms with Gasteiger partial charge in [-0.3, -0.25) is 0 Å². The number of anilines is 1. The van der Waals surface area contributed by atoms with Crippen molar-refractivity contribution in [2.75, 3.05) is 5.32 Å². The van der Waals surface area contributed by atoms with Crippen LogP contribution in [0.2, 0.25) is 5.02 Å². The summed E-state index contributed by atoms with van der Waals surface area (Å²) in [4.78, 5) is 0. The highest BCUT2D eigenvalue weighted by Gasteiger charge is 2.02. The molecule has 0 saturated carbocycles. The largest absolute Gasteiger partial charge is 0.491 e. The Hall–Kier alpha value is -1.19. The molecule has 4 heteroatoms. The van der Waals surface area contributed by atoms with Gasteiger partial charge in [0.05, 0.1) is 6.10 Å². The molecule has 2 aromatic carbocycles. The molecule has 0 aromatic heterocycles. The van der Waals surface area contributed by atoms with E-state index in [0.717, 1.165) is 26.5 Å². The zero-order chi connectivity index (χ0) is 14.5. The molecule has 0 radical (unpaired) electrons. The van der Waals surface area contributed by atoms with Gasteiger partial charge in [-0.15, -0.1) is 0 Å². The average molecular weight is 355 g/mol. The second kappa shape index (κ2) is 7.00. The van der Waals surface area contributed by atoms with Crippen molar-refractivity contribution in [1.29, 1.82) is 0 Å². The van der Waals surface area contributed by atoms with Gasteiger partial charge in [0.1, 0.15) is 5.75 Å². The molecule has 0 spiro atoms. The van der Waals surface area contributed by atoms with Gasteiger partial charge in [0.25, 0.3) is 0 Å². The first-order valence-electron chi connectivity index (χ1n) is 6.49. The summed E-state index contributed by atoms with van der Waals surface area (Å²) in [6, 6.07) is 13.8. The highest BCUT2D eigenvalue weighted by atomic mass is 79.9. The maximum Gasteiger partial charge on any atom is 0.119 e. The minimum absolute atomic E-state index is 0.190. The van der Waals surface area contributed by atoms with Gasteiger partial charge in [0.2, 0.25) is 0 Å². The van der Waals surface area contributed by atoms with E-state index in [9.17, 15) is 0 Å². The van der Waals surface area contributed by atoms with Gasteiger partial charge in [-0.2, -0.15) is 0 Å². The van der Waals surface area contributed by atoms with Gasteiger partial charge in [-0.1, -0.05) is 33.6 Å². The van der Waals surface area contributed by atoms with Gasteiger partial charge < -0.3 is 10.1 Å². The molecule has 0 aliphatic rings. The highest BCUT2D eigenvalue weighted by Crippen LogP contribution is 2.23. The molecule has 0 saturated heterocycles. The lowest BCUT2D eigenvalue weighted by atomic mass is 10.2. The topological polar surface area (TPSA) is 21.3 Å². The Bertz CT molecular complexity index is 569. The van der Waals surface area contributed by atoms with Crippen LogP contribution in [0, 0.1) is 0 Å². The number of halogens is 2. The molecule has 2 rings (SSSR count). The molecule has 1 N–H and O–H groups in total. The molecule has 0 heterocycles. The third kappa shape index (κ3) is 4.43. The number of benzene rings is 2. The van der Waals surface area contributed by atoms with E-state index in [0.29, 0.717) is 6.54 Å². The number of hydrogen-bond donors (Lipinski definition) is 1. The lowest BCUT2D eigenvalue weighted by molar-refractivity contribution is 0.242. The van der Waals surface area contributed by atoms with Crippen LogP contribution in [0.4, 0.5) is 5.69 Å². The maximum atomic E-state index is 6.19. The fourth-order valence-electron chi connectivity index (χ4n) is 1.79. The molecule has 0 unspecified atom stereocenters. The fraction of sp³-hybridized carbons (Fsp3) is 0.250. The van der Waals surface area contributed by atoms with E-state index in [1.807, 2.05) is 56.3 Å². The molecule has 0 bridgehead atoms. The predicted molar refractivity (Wildman–Crippen MR) is 88.7 cm³/mol. The summed E-state index contributed by atoms with van der Waals surface area (Å²) in [6.45, 7) is 4.72. The smallest absolute Gasteiger partial charge is 0.119 e. The summed E-state index contributed by atoms with van der Waals surface area (Å²) < 4.78 is 6.60. The Labute approximate surface area is 133 Å². The monoisotopic (exact) mass is 353 g/mol. The van der Waals surface area contributed by atoms with Crippen LogP contribution in [-0.4, -0.2) is 6.10 Å². The minimum atomic E-state index is 0.190. The molecule has 0 amide bonds. The first-order valence-corrected chi connectivity index (χ1v) is 7.66. The van der Waals surface area contributed by atoms with Crippen LogP contribution in [0.1, 0.15) is 19.4 Å². The molecule has 20 heavy (non-hydrogen) atoms. The van der Waals surface area contributed by atoms with E-state index in [-0.39, 0.29) is 6.10 Å². The van der Waals surface area contributed by atoms with Crippen molar-refractivity contribution < 1.29 is 4.74 Å². The molecular weight excluding hydrogens is 338 g/mol. The predicted octanol–water partition coefficient (Wildman–Crippen LogP) is 5.50. The highest BCUT2D eigenvalue weighted by molar-refractivity contribution is 9.10. The van der Waals surface area contributed by atoms with Gasteiger partial charge in [-0.05, 0) is 55.8 Å². The molecule has 0 aliphatic carbocycles. The lowest BCUT2D eigenvalue weighted by Gasteiger charge is -2.11. The third-order valence-electron chi connectivity index (χ3n) is 2.72. The summed E-state index contributed by atoms with van der Waals surface area (Å²) in [7, 11) is 0. The number of rotatable bonds is 5. The average Bonchev–Trinajstić information content (AvgIpc) is 2.39. The van der Waals surface area contributed by atoms with Crippen LogP contribution in [0.5, 0.6) is 5.75 Å². The van der Waals surface area contributed by atoms with Crippen molar-refractivity contribution >= 4 is 33.2 Å². The quantitative estimate of drug-likeness (QED) is 0.765. The van der Waals surface area contributed by atoms with Crippen LogP contribution in [0.25, 0.3) is 0 Å².